The Balaban J connectivity index is 2.12. The van der Waals surface area contributed by atoms with E-state index < -0.39 is 0 Å². The highest BCUT2D eigenvalue weighted by Crippen LogP contribution is 2.29. The largest absolute Gasteiger partial charge is 0.436 e. The first kappa shape index (κ1) is 13.4. The highest BCUT2D eigenvalue weighted by Gasteiger charge is 2.34. The summed E-state index contributed by atoms with van der Waals surface area (Å²) in [5.74, 6) is 1.07. The molecule has 0 saturated heterocycles. The number of aryl methyl sites for hydroxylation is 2. The summed E-state index contributed by atoms with van der Waals surface area (Å²) in [6, 6.07) is 0. The van der Waals surface area contributed by atoms with Crippen LogP contribution < -0.4 is 5.32 Å². The van der Waals surface area contributed by atoms with Crippen LogP contribution in [0, 0.1) is 13.8 Å². The van der Waals surface area contributed by atoms with Crippen LogP contribution in [0.4, 0.5) is 0 Å². The molecule has 0 unspecified atom stereocenters. The Morgan fingerprint density at radius 2 is 2.06 bits per heavy atom. The first-order valence-electron chi connectivity index (χ1n) is 6.39. The SMILES string of the molecule is Cc1nc(C)c(C(=O)NC2(CCl)CCCCC2)o1. The lowest BCUT2D eigenvalue weighted by molar-refractivity contribution is 0.0854. The highest BCUT2D eigenvalue weighted by molar-refractivity contribution is 6.18. The van der Waals surface area contributed by atoms with Gasteiger partial charge in [0.15, 0.2) is 5.89 Å². The molecule has 1 fully saturated rings. The molecule has 1 aliphatic rings. The predicted molar refractivity (Wildman–Crippen MR) is 70.0 cm³/mol. The van der Waals surface area contributed by atoms with Gasteiger partial charge in [0.2, 0.25) is 5.76 Å². The molecule has 1 aliphatic carbocycles. The lowest BCUT2D eigenvalue weighted by Crippen LogP contribution is -2.51. The third-order valence-electron chi connectivity index (χ3n) is 3.55. The fourth-order valence-corrected chi connectivity index (χ4v) is 2.89. The minimum Gasteiger partial charge on any atom is -0.436 e. The van der Waals surface area contributed by atoms with E-state index in [1.54, 1.807) is 13.8 Å². The molecule has 18 heavy (non-hydrogen) atoms. The number of carbonyl (C=O) groups is 1. The summed E-state index contributed by atoms with van der Waals surface area (Å²) >= 11 is 6.05. The second kappa shape index (κ2) is 5.31. The zero-order valence-electron chi connectivity index (χ0n) is 10.9. The number of amides is 1. The number of halogens is 1. The third-order valence-corrected chi connectivity index (χ3v) is 4.07. The highest BCUT2D eigenvalue weighted by atomic mass is 35.5. The van der Waals surface area contributed by atoms with E-state index in [2.05, 4.69) is 10.3 Å². The molecule has 0 spiro atoms. The van der Waals surface area contributed by atoms with Crippen molar-refractivity contribution in [3.63, 3.8) is 0 Å². The van der Waals surface area contributed by atoms with Crippen molar-refractivity contribution in [3.8, 4) is 0 Å². The summed E-state index contributed by atoms with van der Waals surface area (Å²) in [5, 5.41) is 3.05. The van der Waals surface area contributed by atoms with E-state index >= 15 is 0 Å². The van der Waals surface area contributed by atoms with Crippen LogP contribution >= 0.6 is 11.6 Å². The molecule has 1 aromatic heterocycles. The maximum Gasteiger partial charge on any atom is 0.289 e. The summed E-state index contributed by atoms with van der Waals surface area (Å²) in [6.45, 7) is 3.52. The molecule has 2 rings (SSSR count). The summed E-state index contributed by atoms with van der Waals surface area (Å²) in [7, 11) is 0. The topological polar surface area (TPSA) is 55.1 Å². The number of aromatic nitrogens is 1. The van der Waals surface area contributed by atoms with E-state index in [4.69, 9.17) is 16.0 Å². The molecule has 1 amide bonds. The van der Waals surface area contributed by atoms with Crippen molar-refractivity contribution in [3.05, 3.63) is 17.3 Å². The van der Waals surface area contributed by atoms with Crippen molar-refractivity contribution in [2.45, 2.75) is 51.5 Å². The Bertz CT molecular complexity index is 436. The van der Waals surface area contributed by atoms with Gasteiger partial charge >= 0.3 is 0 Å². The molecule has 1 N–H and O–H groups in total. The van der Waals surface area contributed by atoms with Crippen molar-refractivity contribution in [2.24, 2.45) is 0 Å². The second-order valence-corrected chi connectivity index (χ2v) is 5.34. The van der Waals surface area contributed by atoms with Gasteiger partial charge in [-0.2, -0.15) is 0 Å². The molecule has 1 aromatic rings. The normalized spacial score (nSPS) is 18.6. The zero-order chi connectivity index (χ0) is 13.2. The fraction of sp³-hybridized carbons (Fsp3) is 0.692. The molecular weight excluding hydrogens is 252 g/mol. The van der Waals surface area contributed by atoms with Gasteiger partial charge in [-0.1, -0.05) is 19.3 Å². The zero-order valence-corrected chi connectivity index (χ0v) is 11.6. The summed E-state index contributed by atoms with van der Waals surface area (Å²) in [5.41, 5.74) is 0.356. The van der Waals surface area contributed by atoms with Gasteiger partial charge in [-0.3, -0.25) is 4.79 Å². The van der Waals surface area contributed by atoms with Crippen molar-refractivity contribution < 1.29 is 9.21 Å². The van der Waals surface area contributed by atoms with Gasteiger partial charge in [0, 0.05) is 12.8 Å². The van der Waals surface area contributed by atoms with Crippen molar-refractivity contribution in [2.75, 3.05) is 5.88 Å². The number of oxazole rings is 1. The minimum atomic E-state index is -0.274. The Morgan fingerprint density at radius 1 is 1.39 bits per heavy atom. The average molecular weight is 271 g/mol. The Labute approximate surface area is 112 Å². The third kappa shape index (κ3) is 2.69. The standard InChI is InChI=1S/C13H19ClN2O2/c1-9-11(18-10(2)15-9)12(17)16-13(8-14)6-4-3-5-7-13/h3-8H2,1-2H3,(H,16,17). The van der Waals surface area contributed by atoms with E-state index in [1.807, 2.05) is 0 Å². The van der Waals surface area contributed by atoms with Gasteiger partial charge < -0.3 is 9.73 Å². The molecule has 0 aliphatic heterocycles. The molecule has 1 heterocycles. The van der Waals surface area contributed by atoms with Crippen LogP contribution in [-0.2, 0) is 0 Å². The Hall–Kier alpha value is -1.03. The smallest absolute Gasteiger partial charge is 0.289 e. The monoisotopic (exact) mass is 270 g/mol. The van der Waals surface area contributed by atoms with Crippen LogP contribution in [0.5, 0.6) is 0 Å². The minimum absolute atomic E-state index is 0.198. The van der Waals surface area contributed by atoms with E-state index in [0.29, 0.717) is 23.2 Å². The number of carbonyl (C=O) groups excluding carboxylic acids is 1. The van der Waals surface area contributed by atoms with Crippen LogP contribution in [0.3, 0.4) is 0 Å². The lowest BCUT2D eigenvalue weighted by atomic mass is 9.83. The molecule has 5 heteroatoms. The molecule has 4 nitrogen and oxygen atoms in total. The van der Waals surface area contributed by atoms with Gasteiger partial charge in [-0.05, 0) is 19.8 Å². The van der Waals surface area contributed by atoms with E-state index in [0.717, 1.165) is 25.7 Å². The van der Waals surface area contributed by atoms with E-state index in [9.17, 15) is 4.79 Å². The molecular formula is C13H19ClN2O2. The predicted octanol–water partition coefficient (Wildman–Crippen LogP) is 2.96. The maximum absolute atomic E-state index is 12.2. The maximum atomic E-state index is 12.2. The summed E-state index contributed by atoms with van der Waals surface area (Å²) in [4.78, 5) is 16.3. The van der Waals surface area contributed by atoms with Crippen LogP contribution in [0.15, 0.2) is 4.42 Å². The van der Waals surface area contributed by atoms with Gasteiger partial charge in [0.05, 0.1) is 11.2 Å². The first-order chi connectivity index (χ1) is 8.56. The number of rotatable bonds is 3. The molecule has 0 aromatic carbocycles. The van der Waals surface area contributed by atoms with Gasteiger partial charge in [0.1, 0.15) is 0 Å². The lowest BCUT2D eigenvalue weighted by Gasteiger charge is -2.36. The molecule has 0 bridgehead atoms. The molecule has 0 atom stereocenters. The van der Waals surface area contributed by atoms with Gasteiger partial charge in [-0.15, -0.1) is 11.6 Å². The van der Waals surface area contributed by atoms with Crippen LogP contribution in [0.1, 0.15) is 54.2 Å². The van der Waals surface area contributed by atoms with Crippen LogP contribution in [-0.4, -0.2) is 22.3 Å². The second-order valence-electron chi connectivity index (χ2n) is 5.08. The number of hydrogen-bond donors (Lipinski definition) is 1. The number of alkyl halides is 1. The average Bonchev–Trinajstić information content (AvgIpc) is 2.70. The van der Waals surface area contributed by atoms with Crippen LogP contribution in [0.2, 0.25) is 0 Å². The quantitative estimate of drug-likeness (QED) is 0.859. The van der Waals surface area contributed by atoms with Crippen molar-refractivity contribution >= 4 is 17.5 Å². The first-order valence-corrected chi connectivity index (χ1v) is 6.92. The molecule has 0 radical (unpaired) electrons. The van der Waals surface area contributed by atoms with Crippen molar-refractivity contribution in [1.29, 1.82) is 0 Å². The Morgan fingerprint density at radius 3 is 2.56 bits per heavy atom. The van der Waals surface area contributed by atoms with E-state index in [-0.39, 0.29) is 11.4 Å². The summed E-state index contributed by atoms with van der Waals surface area (Å²) in [6.07, 6.45) is 5.32. The Kier molecular flexibility index (Phi) is 3.95. The van der Waals surface area contributed by atoms with Crippen LogP contribution in [0.25, 0.3) is 0 Å². The number of nitrogens with one attached hydrogen (secondary N) is 1. The molecule has 100 valence electrons. The number of hydrogen-bond acceptors (Lipinski definition) is 3. The molecule has 1 saturated carbocycles. The summed E-state index contributed by atoms with van der Waals surface area (Å²) < 4.78 is 5.34. The van der Waals surface area contributed by atoms with Crippen molar-refractivity contribution in [1.82, 2.24) is 10.3 Å². The number of nitrogens with zero attached hydrogens (tertiary/aromatic N) is 1. The fourth-order valence-electron chi connectivity index (χ4n) is 2.56. The van der Waals surface area contributed by atoms with Gasteiger partial charge in [0.25, 0.3) is 5.91 Å². The van der Waals surface area contributed by atoms with Gasteiger partial charge in [-0.25, -0.2) is 4.98 Å². The van der Waals surface area contributed by atoms with E-state index in [1.165, 1.54) is 6.42 Å².